The highest BCUT2D eigenvalue weighted by atomic mass is 16.2. The molecule has 1 N–H and O–H groups in total. The van der Waals surface area contributed by atoms with E-state index < -0.39 is 11.2 Å². The lowest BCUT2D eigenvalue weighted by atomic mass is 10.0. The normalized spacial score (nSPS) is 11.5. The number of hydrogen-bond acceptors (Lipinski definition) is 6. The number of aromatic nitrogens is 8. The molecular formula is C24H24N8O2. The van der Waals surface area contributed by atoms with Gasteiger partial charge in [0.1, 0.15) is 12.2 Å². The van der Waals surface area contributed by atoms with Gasteiger partial charge in [-0.3, -0.25) is 14.3 Å². The summed E-state index contributed by atoms with van der Waals surface area (Å²) in [4.78, 5) is 32.1. The summed E-state index contributed by atoms with van der Waals surface area (Å²) in [7, 11) is 0. The molecule has 5 rings (SSSR count). The second kappa shape index (κ2) is 8.54. The smallest absolute Gasteiger partial charge is 0.317 e. The SMILES string of the molecule is CCn1c(=O)[nH]c(=O)c2c1nc(C(C)C)n2Cc1ccc(-c2ccccc2-n2cnnn2)cc1. The van der Waals surface area contributed by atoms with Gasteiger partial charge in [0.15, 0.2) is 11.2 Å². The molecule has 2 aromatic carbocycles. The van der Waals surface area contributed by atoms with E-state index in [9.17, 15) is 9.59 Å². The van der Waals surface area contributed by atoms with Gasteiger partial charge in [-0.05, 0) is 34.5 Å². The summed E-state index contributed by atoms with van der Waals surface area (Å²) in [6.07, 6.45) is 1.57. The van der Waals surface area contributed by atoms with E-state index >= 15 is 0 Å². The lowest BCUT2D eigenvalue weighted by Crippen LogP contribution is -2.30. The number of H-pyrrole nitrogens is 1. The van der Waals surface area contributed by atoms with Gasteiger partial charge < -0.3 is 4.57 Å². The molecule has 0 saturated heterocycles. The van der Waals surface area contributed by atoms with Crippen LogP contribution in [0.25, 0.3) is 28.0 Å². The first-order chi connectivity index (χ1) is 16.5. The number of nitrogens with one attached hydrogen (secondary N) is 1. The van der Waals surface area contributed by atoms with Crippen LogP contribution in [-0.4, -0.2) is 39.3 Å². The minimum Gasteiger partial charge on any atom is -0.317 e. The highest BCUT2D eigenvalue weighted by molar-refractivity contribution is 5.73. The van der Waals surface area contributed by atoms with Crippen LogP contribution in [0, 0.1) is 0 Å². The van der Waals surface area contributed by atoms with Gasteiger partial charge in [-0.2, -0.15) is 4.68 Å². The van der Waals surface area contributed by atoms with Crippen LogP contribution in [0.3, 0.4) is 0 Å². The molecule has 0 unspecified atom stereocenters. The number of hydrogen-bond donors (Lipinski definition) is 1. The number of aryl methyl sites for hydroxylation is 1. The molecule has 0 aliphatic heterocycles. The van der Waals surface area contributed by atoms with Gasteiger partial charge in [0.25, 0.3) is 5.56 Å². The van der Waals surface area contributed by atoms with Crippen LogP contribution in [0.15, 0.2) is 64.4 Å². The van der Waals surface area contributed by atoms with Crippen molar-refractivity contribution in [2.24, 2.45) is 0 Å². The summed E-state index contributed by atoms with van der Waals surface area (Å²) >= 11 is 0. The standard InChI is InChI=1S/C24H24N8O2/c1-4-30-22-20(23(33)27-24(30)34)31(21(26-22)15(2)3)13-16-9-11-17(12-10-16)18-7-5-6-8-19(18)32-14-25-28-29-32/h5-12,14-15H,4,13H2,1-3H3,(H,27,33,34). The number of rotatable bonds is 6. The first-order valence-corrected chi connectivity index (χ1v) is 11.1. The fourth-order valence-electron chi connectivity index (χ4n) is 4.25. The van der Waals surface area contributed by atoms with Crippen LogP contribution >= 0.6 is 0 Å². The van der Waals surface area contributed by atoms with Crippen molar-refractivity contribution in [3.05, 3.63) is 87.1 Å². The molecule has 0 aliphatic carbocycles. The maximum Gasteiger partial charge on any atom is 0.330 e. The average molecular weight is 457 g/mol. The molecule has 0 spiro atoms. The highest BCUT2D eigenvalue weighted by Crippen LogP contribution is 2.27. The van der Waals surface area contributed by atoms with Gasteiger partial charge in [0.05, 0.1) is 5.69 Å². The maximum absolute atomic E-state index is 12.8. The number of fused-ring (bicyclic) bond motifs is 1. The van der Waals surface area contributed by atoms with E-state index in [2.05, 4.69) is 20.5 Å². The third kappa shape index (κ3) is 3.62. The van der Waals surface area contributed by atoms with Crippen molar-refractivity contribution < 1.29 is 0 Å². The number of imidazole rings is 1. The van der Waals surface area contributed by atoms with E-state index in [1.165, 1.54) is 4.57 Å². The Morgan fingerprint density at radius 1 is 1.00 bits per heavy atom. The molecule has 0 amide bonds. The molecule has 172 valence electrons. The van der Waals surface area contributed by atoms with Gasteiger partial charge >= 0.3 is 5.69 Å². The van der Waals surface area contributed by atoms with Gasteiger partial charge in [0, 0.05) is 24.6 Å². The van der Waals surface area contributed by atoms with Crippen LogP contribution in [0.1, 0.15) is 38.1 Å². The number of aromatic amines is 1. The Kier molecular flexibility index (Phi) is 5.40. The molecule has 0 radical (unpaired) electrons. The van der Waals surface area contributed by atoms with Gasteiger partial charge in [-0.25, -0.2) is 9.78 Å². The Labute approximate surface area is 194 Å². The molecule has 10 nitrogen and oxygen atoms in total. The van der Waals surface area contributed by atoms with Gasteiger partial charge in [-0.15, -0.1) is 5.10 Å². The monoisotopic (exact) mass is 456 g/mol. The molecule has 10 heteroatoms. The van der Waals surface area contributed by atoms with E-state index in [1.807, 2.05) is 73.9 Å². The lowest BCUT2D eigenvalue weighted by Gasteiger charge is -2.13. The zero-order valence-corrected chi connectivity index (χ0v) is 19.1. The Morgan fingerprint density at radius 3 is 2.44 bits per heavy atom. The minimum absolute atomic E-state index is 0.0784. The van der Waals surface area contributed by atoms with Crippen molar-refractivity contribution in [2.75, 3.05) is 0 Å². The largest absolute Gasteiger partial charge is 0.330 e. The fourth-order valence-corrected chi connectivity index (χ4v) is 4.25. The Morgan fingerprint density at radius 2 is 1.76 bits per heavy atom. The van der Waals surface area contributed by atoms with Crippen LogP contribution in [0.5, 0.6) is 0 Å². The van der Waals surface area contributed by atoms with E-state index in [0.29, 0.717) is 24.3 Å². The first kappa shape index (κ1) is 21.5. The van der Waals surface area contributed by atoms with Crippen LogP contribution < -0.4 is 11.2 Å². The summed E-state index contributed by atoms with van der Waals surface area (Å²) < 4.78 is 5.04. The quantitative estimate of drug-likeness (QED) is 0.420. The summed E-state index contributed by atoms with van der Waals surface area (Å²) in [5, 5.41) is 11.5. The Balaban J connectivity index is 1.56. The molecule has 0 atom stereocenters. The van der Waals surface area contributed by atoms with Crippen LogP contribution in [-0.2, 0) is 13.1 Å². The fraction of sp³-hybridized carbons (Fsp3) is 0.250. The summed E-state index contributed by atoms with van der Waals surface area (Å²) in [5.74, 6) is 0.844. The highest BCUT2D eigenvalue weighted by Gasteiger charge is 2.20. The third-order valence-electron chi connectivity index (χ3n) is 5.85. The first-order valence-electron chi connectivity index (χ1n) is 11.1. The predicted molar refractivity (Wildman–Crippen MR) is 128 cm³/mol. The average Bonchev–Trinajstić information content (AvgIpc) is 3.49. The summed E-state index contributed by atoms with van der Waals surface area (Å²) in [6, 6.07) is 16.1. The van der Waals surface area contributed by atoms with Crippen LogP contribution in [0.2, 0.25) is 0 Å². The summed E-state index contributed by atoms with van der Waals surface area (Å²) in [5.41, 5.74) is 3.89. The zero-order chi connectivity index (χ0) is 23.8. The number of benzene rings is 2. The maximum atomic E-state index is 12.8. The van der Waals surface area contributed by atoms with E-state index in [0.717, 1.165) is 28.2 Å². The van der Waals surface area contributed by atoms with Crippen molar-refractivity contribution in [1.29, 1.82) is 0 Å². The molecule has 3 heterocycles. The third-order valence-corrected chi connectivity index (χ3v) is 5.85. The van der Waals surface area contributed by atoms with Crippen molar-refractivity contribution in [2.45, 2.75) is 39.8 Å². The summed E-state index contributed by atoms with van der Waals surface area (Å²) in [6.45, 7) is 6.80. The van der Waals surface area contributed by atoms with Crippen LogP contribution in [0.4, 0.5) is 0 Å². The topological polar surface area (TPSA) is 116 Å². The van der Waals surface area contributed by atoms with E-state index in [1.54, 1.807) is 11.0 Å². The molecule has 5 aromatic rings. The predicted octanol–water partition coefficient (Wildman–Crippen LogP) is 2.72. The zero-order valence-electron chi connectivity index (χ0n) is 19.1. The molecule has 34 heavy (non-hydrogen) atoms. The second-order valence-corrected chi connectivity index (χ2v) is 8.36. The molecular weight excluding hydrogens is 432 g/mol. The van der Waals surface area contributed by atoms with Crippen molar-refractivity contribution in [3.8, 4) is 16.8 Å². The molecule has 0 saturated carbocycles. The van der Waals surface area contributed by atoms with Crippen molar-refractivity contribution in [1.82, 2.24) is 39.3 Å². The minimum atomic E-state index is -0.439. The number of nitrogens with zero attached hydrogens (tertiary/aromatic N) is 7. The Bertz CT molecular complexity index is 1570. The lowest BCUT2D eigenvalue weighted by molar-refractivity contribution is 0.681. The number of para-hydroxylation sites is 1. The van der Waals surface area contributed by atoms with E-state index in [4.69, 9.17) is 4.98 Å². The Hall–Kier alpha value is -4.34. The van der Waals surface area contributed by atoms with E-state index in [-0.39, 0.29) is 5.92 Å². The van der Waals surface area contributed by atoms with Gasteiger partial charge in [-0.1, -0.05) is 56.3 Å². The van der Waals surface area contributed by atoms with Gasteiger partial charge in [0.2, 0.25) is 0 Å². The number of tetrazole rings is 1. The van der Waals surface area contributed by atoms with Crippen molar-refractivity contribution >= 4 is 11.2 Å². The molecule has 0 bridgehead atoms. The van der Waals surface area contributed by atoms with Crippen molar-refractivity contribution in [3.63, 3.8) is 0 Å². The molecule has 0 aliphatic rings. The molecule has 3 aromatic heterocycles. The molecule has 0 fully saturated rings. The second-order valence-electron chi connectivity index (χ2n) is 8.36.